The maximum Gasteiger partial charge on any atom is 0.308 e. The summed E-state index contributed by atoms with van der Waals surface area (Å²) in [5.74, 6) is 0.283. The van der Waals surface area contributed by atoms with Gasteiger partial charge in [0, 0.05) is 17.0 Å². The molecule has 1 rings (SSSR count). The van der Waals surface area contributed by atoms with Gasteiger partial charge < -0.3 is 4.74 Å². The fourth-order valence-corrected chi connectivity index (χ4v) is 1.32. The van der Waals surface area contributed by atoms with Gasteiger partial charge in [0.15, 0.2) is 0 Å². The van der Waals surface area contributed by atoms with Gasteiger partial charge in [0.05, 0.1) is 0 Å². The van der Waals surface area contributed by atoms with Crippen LogP contribution < -0.4 is 0 Å². The molecule has 1 aromatic carbocycles. The number of esters is 1. The number of rotatable bonds is 2. The van der Waals surface area contributed by atoms with E-state index in [2.05, 4.69) is 15.9 Å². The van der Waals surface area contributed by atoms with Crippen LogP contribution in [0.1, 0.15) is 19.4 Å². The molecule has 0 aliphatic carbocycles. The zero-order valence-corrected chi connectivity index (χ0v) is 9.67. The highest BCUT2D eigenvalue weighted by atomic mass is 79.9. The Labute approximate surface area is 91.7 Å². The molecule has 0 amide bonds. The third-order valence-electron chi connectivity index (χ3n) is 1.64. The number of ether oxygens (including phenoxy) is 1. The highest BCUT2D eigenvalue weighted by Gasteiger charge is 2.03. The van der Waals surface area contributed by atoms with E-state index in [1.165, 1.54) is 6.92 Å². The Morgan fingerprint density at radius 3 is 2.36 bits per heavy atom. The summed E-state index contributed by atoms with van der Waals surface area (Å²) >= 11 is 3.34. The van der Waals surface area contributed by atoms with E-state index >= 15 is 0 Å². The summed E-state index contributed by atoms with van der Waals surface area (Å²) in [5.41, 5.74) is 0.894. The fraction of sp³-hybridized carbons (Fsp3) is 0.182. The minimum absolute atomic E-state index is 0.305. The standard InChI is InChI=1S/C11H11BrO2/c1-3-11(14-8(2)13)9-4-6-10(12)7-5-9/h3-7H,1-2H3. The molecule has 14 heavy (non-hydrogen) atoms. The Kier molecular flexibility index (Phi) is 3.89. The maximum absolute atomic E-state index is 10.8. The van der Waals surface area contributed by atoms with Gasteiger partial charge >= 0.3 is 5.97 Å². The number of carbonyl (C=O) groups excluding carboxylic acids is 1. The first-order valence-corrected chi connectivity index (χ1v) is 5.03. The molecule has 0 aromatic heterocycles. The topological polar surface area (TPSA) is 26.3 Å². The van der Waals surface area contributed by atoms with E-state index in [1.54, 1.807) is 6.08 Å². The van der Waals surface area contributed by atoms with Crippen molar-refractivity contribution >= 4 is 27.7 Å². The van der Waals surface area contributed by atoms with Crippen LogP contribution in [0.5, 0.6) is 0 Å². The zero-order chi connectivity index (χ0) is 10.6. The molecule has 0 spiro atoms. The molecule has 2 nitrogen and oxygen atoms in total. The predicted molar refractivity (Wildman–Crippen MR) is 59.6 cm³/mol. The van der Waals surface area contributed by atoms with Gasteiger partial charge in [-0.05, 0) is 25.1 Å². The molecule has 0 fully saturated rings. The second-order valence-corrected chi connectivity index (χ2v) is 3.67. The van der Waals surface area contributed by atoms with Crippen LogP contribution in [-0.2, 0) is 9.53 Å². The van der Waals surface area contributed by atoms with Crippen LogP contribution in [0.15, 0.2) is 34.8 Å². The van der Waals surface area contributed by atoms with E-state index in [1.807, 2.05) is 31.2 Å². The van der Waals surface area contributed by atoms with Crippen molar-refractivity contribution in [1.29, 1.82) is 0 Å². The molecule has 0 atom stereocenters. The van der Waals surface area contributed by atoms with Crippen molar-refractivity contribution in [2.45, 2.75) is 13.8 Å². The molecular weight excluding hydrogens is 244 g/mol. The molecule has 0 saturated heterocycles. The van der Waals surface area contributed by atoms with E-state index in [0.717, 1.165) is 10.0 Å². The Morgan fingerprint density at radius 2 is 1.93 bits per heavy atom. The number of hydrogen-bond donors (Lipinski definition) is 0. The number of hydrogen-bond acceptors (Lipinski definition) is 2. The first-order chi connectivity index (χ1) is 6.63. The Balaban J connectivity index is 2.91. The minimum Gasteiger partial charge on any atom is -0.426 e. The van der Waals surface area contributed by atoms with Crippen LogP contribution in [-0.4, -0.2) is 5.97 Å². The van der Waals surface area contributed by atoms with Gasteiger partial charge in [-0.3, -0.25) is 4.79 Å². The minimum atomic E-state index is -0.305. The van der Waals surface area contributed by atoms with E-state index in [4.69, 9.17) is 4.74 Å². The number of allylic oxidation sites excluding steroid dienone is 1. The molecule has 0 N–H and O–H groups in total. The molecule has 0 heterocycles. The molecule has 0 aliphatic heterocycles. The first kappa shape index (κ1) is 11.0. The largest absolute Gasteiger partial charge is 0.426 e. The van der Waals surface area contributed by atoms with Crippen LogP contribution in [0.25, 0.3) is 5.76 Å². The predicted octanol–water partition coefficient (Wildman–Crippen LogP) is 3.37. The third kappa shape index (κ3) is 3.00. The van der Waals surface area contributed by atoms with Crippen LogP contribution >= 0.6 is 15.9 Å². The van der Waals surface area contributed by atoms with Crippen molar-refractivity contribution in [3.05, 3.63) is 40.4 Å². The van der Waals surface area contributed by atoms with Gasteiger partial charge in [0.25, 0.3) is 0 Å². The number of benzene rings is 1. The Morgan fingerprint density at radius 1 is 1.36 bits per heavy atom. The van der Waals surface area contributed by atoms with Gasteiger partial charge in [-0.25, -0.2) is 0 Å². The van der Waals surface area contributed by atoms with Crippen molar-refractivity contribution in [3.63, 3.8) is 0 Å². The van der Waals surface area contributed by atoms with Crippen LogP contribution in [0.3, 0.4) is 0 Å². The average molecular weight is 255 g/mol. The van der Waals surface area contributed by atoms with E-state index in [0.29, 0.717) is 5.76 Å². The summed E-state index contributed by atoms with van der Waals surface area (Å²) < 4.78 is 6.03. The zero-order valence-electron chi connectivity index (χ0n) is 8.08. The molecule has 74 valence electrons. The molecule has 3 heteroatoms. The number of carbonyl (C=O) groups is 1. The molecule has 0 radical (unpaired) electrons. The van der Waals surface area contributed by atoms with E-state index in [-0.39, 0.29) is 5.97 Å². The smallest absolute Gasteiger partial charge is 0.308 e. The lowest BCUT2D eigenvalue weighted by atomic mass is 10.2. The Hall–Kier alpha value is -1.09. The second kappa shape index (κ2) is 4.96. The molecular formula is C11H11BrO2. The van der Waals surface area contributed by atoms with Gasteiger partial charge in [-0.1, -0.05) is 28.1 Å². The van der Waals surface area contributed by atoms with Crippen molar-refractivity contribution in [3.8, 4) is 0 Å². The fourth-order valence-electron chi connectivity index (χ4n) is 1.05. The normalized spacial score (nSPS) is 11.2. The van der Waals surface area contributed by atoms with E-state index in [9.17, 15) is 4.79 Å². The molecule has 1 aromatic rings. The monoisotopic (exact) mass is 254 g/mol. The highest BCUT2D eigenvalue weighted by Crippen LogP contribution is 2.18. The van der Waals surface area contributed by atoms with Gasteiger partial charge in [-0.2, -0.15) is 0 Å². The highest BCUT2D eigenvalue weighted by molar-refractivity contribution is 9.10. The molecule has 0 unspecified atom stereocenters. The lowest BCUT2D eigenvalue weighted by molar-refractivity contribution is -0.134. The van der Waals surface area contributed by atoms with E-state index < -0.39 is 0 Å². The lowest BCUT2D eigenvalue weighted by Crippen LogP contribution is -1.97. The van der Waals surface area contributed by atoms with Gasteiger partial charge in [0.2, 0.25) is 0 Å². The number of halogens is 1. The van der Waals surface area contributed by atoms with Crippen molar-refractivity contribution in [2.75, 3.05) is 0 Å². The van der Waals surface area contributed by atoms with Crippen LogP contribution in [0.2, 0.25) is 0 Å². The van der Waals surface area contributed by atoms with Crippen molar-refractivity contribution in [2.24, 2.45) is 0 Å². The van der Waals surface area contributed by atoms with Crippen LogP contribution in [0, 0.1) is 0 Å². The summed E-state index contributed by atoms with van der Waals surface area (Å²) in [6.45, 7) is 3.22. The summed E-state index contributed by atoms with van der Waals surface area (Å²) in [5, 5.41) is 0. The summed E-state index contributed by atoms with van der Waals surface area (Å²) in [6, 6.07) is 7.59. The quantitative estimate of drug-likeness (QED) is 0.598. The Bertz CT molecular complexity index is 352. The second-order valence-electron chi connectivity index (χ2n) is 2.75. The molecule has 0 saturated carbocycles. The van der Waals surface area contributed by atoms with Gasteiger partial charge in [-0.15, -0.1) is 0 Å². The SMILES string of the molecule is CC=C(OC(C)=O)c1ccc(Br)cc1. The van der Waals surface area contributed by atoms with Gasteiger partial charge in [0.1, 0.15) is 5.76 Å². The average Bonchev–Trinajstić information content (AvgIpc) is 2.15. The summed E-state index contributed by atoms with van der Waals surface area (Å²) in [4.78, 5) is 10.8. The molecule has 0 aliphatic rings. The van der Waals surface area contributed by atoms with Crippen LogP contribution in [0.4, 0.5) is 0 Å². The summed E-state index contributed by atoms with van der Waals surface area (Å²) in [6.07, 6.45) is 1.77. The molecule has 0 bridgehead atoms. The third-order valence-corrected chi connectivity index (χ3v) is 2.17. The van der Waals surface area contributed by atoms with Crippen molar-refractivity contribution < 1.29 is 9.53 Å². The van der Waals surface area contributed by atoms with Crippen molar-refractivity contribution in [1.82, 2.24) is 0 Å². The first-order valence-electron chi connectivity index (χ1n) is 4.24. The maximum atomic E-state index is 10.8. The summed E-state index contributed by atoms with van der Waals surface area (Å²) in [7, 11) is 0. The lowest BCUT2D eigenvalue weighted by Gasteiger charge is -2.06.